The molecule has 1 unspecified atom stereocenters. The summed E-state index contributed by atoms with van der Waals surface area (Å²) in [6.45, 7) is 5.98. The van der Waals surface area contributed by atoms with Crippen molar-refractivity contribution >= 4 is 33.8 Å². The van der Waals surface area contributed by atoms with Gasteiger partial charge in [0.1, 0.15) is 17.3 Å². The highest BCUT2D eigenvalue weighted by molar-refractivity contribution is 7.14. The first-order valence-corrected chi connectivity index (χ1v) is 15.4. The van der Waals surface area contributed by atoms with Gasteiger partial charge in [-0.1, -0.05) is 13.0 Å². The number of aromatic nitrogens is 3. The van der Waals surface area contributed by atoms with Gasteiger partial charge in [0.25, 0.3) is 0 Å². The van der Waals surface area contributed by atoms with Gasteiger partial charge in [-0.3, -0.25) is 14.1 Å². The molecule has 41 heavy (non-hydrogen) atoms. The maximum absolute atomic E-state index is 13.4. The number of rotatable bonds is 8. The maximum Gasteiger partial charge on any atom is 0.236 e. The minimum Gasteiger partial charge on any atom is -0.396 e. The molecule has 2 aliphatic rings. The summed E-state index contributed by atoms with van der Waals surface area (Å²) in [5.74, 6) is 1.59. The molecule has 0 saturated carbocycles. The summed E-state index contributed by atoms with van der Waals surface area (Å²) < 4.78 is 15.6. The summed E-state index contributed by atoms with van der Waals surface area (Å²) in [6, 6.07) is 10.7. The number of imidazole rings is 1. The van der Waals surface area contributed by atoms with Crippen LogP contribution in [-0.4, -0.2) is 81.6 Å². The van der Waals surface area contributed by atoms with E-state index in [0.717, 1.165) is 78.9 Å². The molecule has 2 fully saturated rings. The Morgan fingerprint density at radius 1 is 1.10 bits per heavy atom. The molecule has 1 N–H and O–H groups in total. The number of benzene rings is 1. The number of hydrogen-bond acceptors (Lipinski definition) is 7. The van der Waals surface area contributed by atoms with Gasteiger partial charge in [-0.05, 0) is 80.6 Å². The molecule has 10 heteroatoms. The van der Waals surface area contributed by atoms with Crippen LogP contribution in [0.5, 0.6) is 0 Å². The van der Waals surface area contributed by atoms with Crippen molar-refractivity contribution in [2.75, 3.05) is 51.3 Å². The second-order valence-corrected chi connectivity index (χ2v) is 12.1. The smallest absolute Gasteiger partial charge is 0.236 e. The van der Waals surface area contributed by atoms with E-state index < -0.39 is 0 Å². The summed E-state index contributed by atoms with van der Waals surface area (Å²) in [4.78, 5) is 28.9. The molecule has 4 aromatic rings. The van der Waals surface area contributed by atoms with Crippen molar-refractivity contribution in [3.63, 3.8) is 0 Å². The molecule has 2 aliphatic heterocycles. The summed E-state index contributed by atoms with van der Waals surface area (Å²) in [6.07, 6.45) is 5.94. The quantitative estimate of drug-likeness (QED) is 0.320. The molecule has 0 radical (unpaired) electrons. The van der Waals surface area contributed by atoms with Crippen molar-refractivity contribution in [2.24, 2.45) is 5.92 Å². The van der Waals surface area contributed by atoms with Gasteiger partial charge in [-0.2, -0.15) is 0 Å². The summed E-state index contributed by atoms with van der Waals surface area (Å²) >= 11 is 1.56. The van der Waals surface area contributed by atoms with Crippen molar-refractivity contribution in [3.05, 3.63) is 65.0 Å². The normalized spacial score (nSPS) is 18.4. The van der Waals surface area contributed by atoms with E-state index in [9.17, 15) is 14.3 Å². The zero-order valence-electron chi connectivity index (χ0n) is 23.7. The van der Waals surface area contributed by atoms with Crippen molar-refractivity contribution in [3.8, 4) is 11.3 Å². The van der Waals surface area contributed by atoms with Crippen LogP contribution in [0.1, 0.15) is 43.4 Å². The SMILES string of the molecule is CCc1nc2ccc(C3CCN(CC(=O)N4CCC(CO)C4)CC3)cn2c1N(C)c1nc(-c2ccc(F)cc2)cs1. The van der Waals surface area contributed by atoms with Crippen LogP contribution in [0.2, 0.25) is 0 Å². The lowest BCUT2D eigenvalue weighted by atomic mass is 9.90. The number of piperidine rings is 1. The Hall–Kier alpha value is -3.34. The van der Waals surface area contributed by atoms with E-state index in [1.807, 2.05) is 17.3 Å². The van der Waals surface area contributed by atoms with Crippen LogP contribution < -0.4 is 4.90 Å². The molecule has 8 nitrogen and oxygen atoms in total. The third-order valence-corrected chi connectivity index (χ3v) is 9.49. The van der Waals surface area contributed by atoms with Crippen molar-refractivity contribution in [1.29, 1.82) is 0 Å². The molecule has 6 rings (SSSR count). The standard InChI is InChI=1S/C31H37FN6O2S/c1-3-26-30(35(2)31-34-27(20-41-31)23-4-7-25(32)8-5-23)38-17-24(6-9-28(38)33-26)22-11-13-36(14-12-22)18-29(40)37-15-10-21(16-37)19-39/h4-9,17,20-22,39H,3,10-16,18-19H2,1-2H3. The summed E-state index contributed by atoms with van der Waals surface area (Å²) in [5.41, 5.74) is 4.93. The van der Waals surface area contributed by atoms with E-state index in [2.05, 4.69) is 39.5 Å². The number of hydrogen-bond donors (Lipinski definition) is 1. The lowest BCUT2D eigenvalue weighted by molar-refractivity contribution is -0.131. The lowest BCUT2D eigenvalue weighted by Crippen LogP contribution is -2.42. The van der Waals surface area contributed by atoms with E-state index >= 15 is 0 Å². The van der Waals surface area contributed by atoms with Crippen LogP contribution in [0.4, 0.5) is 15.3 Å². The van der Waals surface area contributed by atoms with Crippen LogP contribution in [0.15, 0.2) is 48.0 Å². The Kier molecular flexibility index (Phi) is 8.05. The van der Waals surface area contributed by atoms with Gasteiger partial charge in [-0.25, -0.2) is 14.4 Å². The highest BCUT2D eigenvalue weighted by atomic mass is 32.1. The number of pyridine rings is 1. The van der Waals surface area contributed by atoms with Crippen LogP contribution >= 0.6 is 11.3 Å². The average Bonchev–Trinajstić information content (AvgIpc) is 3.76. The average molecular weight is 577 g/mol. The zero-order valence-corrected chi connectivity index (χ0v) is 24.5. The number of fused-ring (bicyclic) bond motifs is 1. The molecular weight excluding hydrogens is 539 g/mol. The van der Waals surface area contributed by atoms with Crippen molar-refractivity contribution < 1.29 is 14.3 Å². The van der Waals surface area contributed by atoms with E-state index in [0.29, 0.717) is 19.0 Å². The summed E-state index contributed by atoms with van der Waals surface area (Å²) in [7, 11) is 2.03. The number of carbonyl (C=O) groups is 1. The fourth-order valence-electron chi connectivity index (χ4n) is 6.12. The predicted octanol–water partition coefficient (Wildman–Crippen LogP) is 4.95. The first-order valence-electron chi connectivity index (χ1n) is 14.5. The molecule has 0 bridgehead atoms. The molecule has 5 heterocycles. The number of halogens is 1. The van der Waals surface area contributed by atoms with Gasteiger partial charge in [-0.15, -0.1) is 11.3 Å². The fraction of sp³-hybridized carbons (Fsp3) is 0.452. The van der Waals surface area contributed by atoms with Crippen LogP contribution in [0.25, 0.3) is 16.9 Å². The van der Waals surface area contributed by atoms with E-state index in [-0.39, 0.29) is 24.2 Å². The second kappa shape index (κ2) is 11.9. The van der Waals surface area contributed by atoms with Crippen molar-refractivity contribution in [2.45, 2.75) is 38.5 Å². The molecule has 216 valence electrons. The van der Waals surface area contributed by atoms with Gasteiger partial charge in [0, 0.05) is 49.8 Å². The number of nitrogens with zero attached hydrogens (tertiary/aromatic N) is 6. The number of aliphatic hydroxyl groups is 1. The molecule has 1 amide bonds. The van der Waals surface area contributed by atoms with Crippen LogP contribution in [-0.2, 0) is 11.2 Å². The second-order valence-electron chi connectivity index (χ2n) is 11.2. The Bertz CT molecular complexity index is 1510. The van der Waals surface area contributed by atoms with Gasteiger partial charge < -0.3 is 14.9 Å². The van der Waals surface area contributed by atoms with E-state index in [1.54, 1.807) is 23.5 Å². The molecule has 3 aromatic heterocycles. The van der Waals surface area contributed by atoms with Crippen molar-refractivity contribution in [1.82, 2.24) is 24.2 Å². The van der Waals surface area contributed by atoms with E-state index in [1.165, 1.54) is 17.7 Å². The lowest BCUT2D eigenvalue weighted by Gasteiger charge is -2.32. The maximum atomic E-state index is 13.4. The first-order chi connectivity index (χ1) is 19.9. The number of aryl methyl sites for hydroxylation is 1. The Morgan fingerprint density at radius 3 is 2.59 bits per heavy atom. The zero-order chi connectivity index (χ0) is 28.5. The highest BCUT2D eigenvalue weighted by Gasteiger charge is 2.29. The molecule has 1 aromatic carbocycles. The topological polar surface area (TPSA) is 77.2 Å². The van der Waals surface area contributed by atoms with Crippen LogP contribution in [0.3, 0.4) is 0 Å². The first kappa shape index (κ1) is 27.8. The van der Waals surface area contributed by atoms with Gasteiger partial charge in [0.2, 0.25) is 5.91 Å². The third kappa shape index (κ3) is 5.73. The number of amides is 1. The Morgan fingerprint density at radius 2 is 1.88 bits per heavy atom. The Balaban J connectivity index is 1.17. The Labute approximate surface area is 244 Å². The predicted molar refractivity (Wildman–Crippen MR) is 160 cm³/mol. The minimum atomic E-state index is -0.256. The fourth-order valence-corrected chi connectivity index (χ4v) is 6.92. The van der Waals surface area contributed by atoms with Gasteiger partial charge in [0.05, 0.1) is 17.9 Å². The number of aliphatic hydroxyl groups excluding tert-OH is 1. The highest BCUT2D eigenvalue weighted by Crippen LogP contribution is 2.35. The molecule has 0 spiro atoms. The number of anilines is 2. The van der Waals surface area contributed by atoms with Gasteiger partial charge >= 0.3 is 0 Å². The third-order valence-electron chi connectivity index (χ3n) is 8.57. The molecular formula is C31H37FN6O2S. The van der Waals surface area contributed by atoms with Crippen LogP contribution in [0, 0.1) is 11.7 Å². The number of carbonyl (C=O) groups excluding carboxylic acids is 1. The monoisotopic (exact) mass is 576 g/mol. The van der Waals surface area contributed by atoms with Gasteiger partial charge in [0.15, 0.2) is 5.13 Å². The molecule has 2 saturated heterocycles. The van der Waals surface area contributed by atoms with E-state index in [4.69, 9.17) is 9.97 Å². The summed E-state index contributed by atoms with van der Waals surface area (Å²) in [5, 5.41) is 12.3. The molecule has 1 atom stereocenters. The minimum absolute atomic E-state index is 0.161. The largest absolute Gasteiger partial charge is 0.396 e. The molecule has 0 aliphatic carbocycles. The number of thiazole rings is 1. The number of likely N-dealkylation sites (tertiary alicyclic amines) is 2.